The minimum Gasteiger partial charge on any atom is -0.478 e. The van der Waals surface area contributed by atoms with Gasteiger partial charge in [-0.15, -0.1) is 0 Å². The zero-order valence-electron chi connectivity index (χ0n) is 11.8. The van der Waals surface area contributed by atoms with E-state index in [0.29, 0.717) is 18.4 Å². The Labute approximate surface area is 118 Å². The predicted octanol–water partition coefficient (Wildman–Crippen LogP) is 3.20. The number of carboxylic acids is 1. The molecule has 0 aromatic heterocycles. The molecule has 0 atom stereocenters. The first-order chi connectivity index (χ1) is 9.50. The quantitative estimate of drug-likeness (QED) is 0.888. The Bertz CT molecular complexity index is 587. The fraction of sp³-hybridized carbons (Fsp3) is 0.375. The second-order valence-electron chi connectivity index (χ2n) is 5.17. The van der Waals surface area contributed by atoms with Crippen LogP contribution in [0.15, 0.2) is 29.3 Å². The van der Waals surface area contributed by atoms with E-state index in [1.165, 1.54) is 0 Å². The Morgan fingerprint density at radius 3 is 2.40 bits per heavy atom. The maximum absolute atomic E-state index is 12.3. The van der Waals surface area contributed by atoms with Crippen LogP contribution in [-0.2, 0) is 9.59 Å². The zero-order chi connectivity index (χ0) is 14.7. The molecule has 0 aliphatic heterocycles. The van der Waals surface area contributed by atoms with Gasteiger partial charge in [0.15, 0.2) is 0 Å². The monoisotopic (exact) mass is 273 g/mol. The number of nitrogens with one attached hydrogen (secondary N) is 1. The van der Waals surface area contributed by atoms with Crippen LogP contribution in [-0.4, -0.2) is 17.0 Å². The molecular formula is C16H19NO3. The number of hydrogen-bond acceptors (Lipinski definition) is 2. The molecule has 1 aromatic carbocycles. The van der Waals surface area contributed by atoms with Crippen LogP contribution in [0, 0.1) is 13.8 Å². The van der Waals surface area contributed by atoms with Crippen molar-refractivity contribution in [2.24, 2.45) is 0 Å². The molecule has 0 saturated heterocycles. The molecule has 4 nitrogen and oxygen atoms in total. The third-order valence-electron chi connectivity index (χ3n) is 3.85. The molecule has 0 radical (unpaired) electrons. The van der Waals surface area contributed by atoms with Gasteiger partial charge in [-0.1, -0.05) is 12.1 Å². The summed E-state index contributed by atoms with van der Waals surface area (Å²) in [5.41, 5.74) is 3.54. The van der Waals surface area contributed by atoms with Crippen LogP contribution in [0.4, 0.5) is 5.69 Å². The number of amides is 1. The van der Waals surface area contributed by atoms with Crippen molar-refractivity contribution in [3.8, 4) is 0 Å². The predicted molar refractivity (Wildman–Crippen MR) is 77.7 cm³/mol. The standard InChI is InChI=1S/C16H19NO3/c1-10-6-5-9-14(11(10)2)17-15(18)12-7-3-4-8-13(12)16(19)20/h5-6,9H,3-4,7-8H2,1-2H3,(H,17,18)(H,19,20). The number of aliphatic carboxylic acids is 1. The van der Waals surface area contributed by atoms with E-state index in [1.54, 1.807) is 0 Å². The maximum Gasteiger partial charge on any atom is 0.332 e. The van der Waals surface area contributed by atoms with E-state index in [2.05, 4.69) is 5.32 Å². The third-order valence-corrected chi connectivity index (χ3v) is 3.85. The first kappa shape index (κ1) is 14.3. The minimum absolute atomic E-state index is 0.263. The zero-order valence-corrected chi connectivity index (χ0v) is 11.8. The van der Waals surface area contributed by atoms with Gasteiger partial charge < -0.3 is 10.4 Å². The maximum atomic E-state index is 12.3. The molecule has 0 fully saturated rings. The number of carboxylic acid groups (broad SMARTS) is 1. The summed E-state index contributed by atoms with van der Waals surface area (Å²) in [6, 6.07) is 5.70. The molecule has 1 aliphatic carbocycles. The molecule has 0 saturated carbocycles. The van der Waals surface area contributed by atoms with Crippen LogP contribution < -0.4 is 5.32 Å². The van der Waals surface area contributed by atoms with Crippen LogP contribution >= 0.6 is 0 Å². The highest BCUT2D eigenvalue weighted by Gasteiger charge is 2.23. The van der Waals surface area contributed by atoms with Crippen molar-refractivity contribution in [3.63, 3.8) is 0 Å². The number of benzene rings is 1. The summed E-state index contributed by atoms with van der Waals surface area (Å²) >= 11 is 0. The van der Waals surface area contributed by atoms with Crippen molar-refractivity contribution in [1.29, 1.82) is 0 Å². The highest BCUT2D eigenvalue weighted by atomic mass is 16.4. The lowest BCUT2D eigenvalue weighted by Gasteiger charge is -2.18. The van der Waals surface area contributed by atoms with Crippen molar-refractivity contribution < 1.29 is 14.7 Å². The summed E-state index contributed by atoms with van der Waals surface area (Å²) in [6.07, 6.45) is 2.72. The van der Waals surface area contributed by atoms with E-state index in [1.807, 2.05) is 32.0 Å². The van der Waals surface area contributed by atoms with E-state index in [0.717, 1.165) is 29.7 Å². The van der Waals surface area contributed by atoms with E-state index < -0.39 is 5.97 Å². The van der Waals surface area contributed by atoms with Gasteiger partial charge in [0.1, 0.15) is 0 Å². The summed E-state index contributed by atoms with van der Waals surface area (Å²) in [4.78, 5) is 23.5. The molecule has 0 spiro atoms. The molecule has 0 heterocycles. The first-order valence-electron chi connectivity index (χ1n) is 6.83. The van der Waals surface area contributed by atoms with Gasteiger partial charge in [0.2, 0.25) is 0 Å². The second kappa shape index (κ2) is 5.90. The Hall–Kier alpha value is -2.10. The topological polar surface area (TPSA) is 66.4 Å². The summed E-state index contributed by atoms with van der Waals surface area (Å²) < 4.78 is 0. The van der Waals surface area contributed by atoms with Gasteiger partial charge >= 0.3 is 5.97 Å². The van der Waals surface area contributed by atoms with Crippen molar-refractivity contribution in [2.45, 2.75) is 39.5 Å². The van der Waals surface area contributed by atoms with Gasteiger partial charge in [0, 0.05) is 16.8 Å². The fourth-order valence-electron chi connectivity index (χ4n) is 2.48. The lowest BCUT2D eigenvalue weighted by atomic mass is 9.91. The second-order valence-corrected chi connectivity index (χ2v) is 5.17. The van der Waals surface area contributed by atoms with Crippen molar-refractivity contribution in [1.82, 2.24) is 0 Å². The van der Waals surface area contributed by atoms with Crippen LogP contribution in [0.2, 0.25) is 0 Å². The number of carbonyl (C=O) groups excluding carboxylic acids is 1. The van der Waals surface area contributed by atoms with Gasteiger partial charge in [-0.2, -0.15) is 0 Å². The summed E-state index contributed by atoms with van der Waals surface area (Å²) in [5, 5.41) is 12.0. The Morgan fingerprint density at radius 2 is 1.75 bits per heavy atom. The van der Waals surface area contributed by atoms with E-state index in [4.69, 9.17) is 0 Å². The number of hydrogen-bond donors (Lipinski definition) is 2. The fourth-order valence-corrected chi connectivity index (χ4v) is 2.48. The first-order valence-corrected chi connectivity index (χ1v) is 6.83. The molecule has 2 N–H and O–H groups in total. The lowest BCUT2D eigenvalue weighted by molar-refractivity contribution is -0.133. The van der Waals surface area contributed by atoms with Crippen molar-refractivity contribution in [3.05, 3.63) is 40.5 Å². The molecule has 4 heteroatoms. The molecule has 20 heavy (non-hydrogen) atoms. The smallest absolute Gasteiger partial charge is 0.332 e. The molecule has 1 amide bonds. The number of aryl methyl sites for hydroxylation is 1. The summed E-state index contributed by atoms with van der Waals surface area (Å²) in [5.74, 6) is -1.26. The van der Waals surface area contributed by atoms with E-state index >= 15 is 0 Å². The van der Waals surface area contributed by atoms with Crippen LogP contribution in [0.25, 0.3) is 0 Å². The van der Waals surface area contributed by atoms with E-state index in [9.17, 15) is 14.7 Å². The van der Waals surface area contributed by atoms with Crippen LogP contribution in [0.5, 0.6) is 0 Å². The van der Waals surface area contributed by atoms with Gasteiger partial charge in [0.25, 0.3) is 5.91 Å². The number of carbonyl (C=O) groups is 2. The number of rotatable bonds is 3. The van der Waals surface area contributed by atoms with Crippen molar-refractivity contribution in [2.75, 3.05) is 5.32 Å². The van der Waals surface area contributed by atoms with Gasteiger partial charge in [0.05, 0.1) is 0 Å². The van der Waals surface area contributed by atoms with Crippen LogP contribution in [0.1, 0.15) is 36.8 Å². The number of anilines is 1. The van der Waals surface area contributed by atoms with Crippen LogP contribution in [0.3, 0.4) is 0 Å². The average Bonchev–Trinajstić information content (AvgIpc) is 2.43. The summed E-state index contributed by atoms with van der Waals surface area (Å²) in [7, 11) is 0. The highest BCUT2D eigenvalue weighted by Crippen LogP contribution is 2.27. The summed E-state index contributed by atoms with van der Waals surface area (Å²) in [6.45, 7) is 3.92. The average molecular weight is 273 g/mol. The molecule has 106 valence electrons. The SMILES string of the molecule is Cc1cccc(NC(=O)C2=C(C(=O)O)CCCC2)c1C. The molecule has 0 bridgehead atoms. The lowest BCUT2D eigenvalue weighted by Crippen LogP contribution is -2.21. The largest absolute Gasteiger partial charge is 0.478 e. The van der Waals surface area contributed by atoms with E-state index in [-0.39, 0.29) is 11.5 Å². The van der Waals surface area contributed by atoms with Gasteiger partial charge in [-0.05, 0) is 56.7 Å². The van der Waals surface area contributed by atoms with Gasteiger partial charge in [-0.25, -0.2) is 4.79 Å². The Balaban J connectivity index is 2.27. The molecule has 2 rings (SSSR count). The van der Waals surface area contributed by atoms with Crippen molar-refractivity contribution >= 4 is 17.6 Å². The minimum atomic E-state index is -0.976. The molecule has 0 unspecified atom stereocenters. The normalized spacial score (nSPS) is 15.1. The molecular weight excluding hydrogens is 254 g/mol. The highest BCUT2D eigenvalue weighted by molar-refractivity contribution is 6.09. The molecule has 1 aromatic rings. The Morgan fingerprint density at radius 1 is 1.10 bits per heavy atom. The van der Waals surface area contributed by atoms with Gasteiger partial charge in [-0.3, -0.25) is 4.79 Å². The Kier molecular flexibility index (Phi) is 4.23. The molecule has 1 aliphatic rings. The third kappa shape index (κ3) is 2.90.